The van der Waals surface area contributed by atoms with E-state index in [1.165, 1.54) is 17.6 Å². The molecule has 7 nitrogen and oxygen atoms in total. The van der Waals surface area contributed by atoms with E-state index in [0.717, 1.165) is 12.8 Å². The maximum absolute atomic E-state index is 12.9. The number of amides is 1. The van der Waals surface area contributed by atoms with Crippen LogP contribution in [-0.2, 0) is 4.79 Å². The molecular weight excluding hydrogens is 346 g/mol. The van der Waals surface area contributed by atoms with Crippen LogP contribution in [-0.4, -0.2) is 32.9 Å². The van der Waals surface area contributed by atoms with Gasteiger partial charge in [0.1, 0.15) is 11.5 Å². The Kier molecular flexibility index (Phi) is 3.83. The van der Waals surface area contributed by atoms with Gasteiger partial charge in [-0.2, -0.15) is 0 Å². The highest BCUT2D eigenvalue weighted by molar-refractivity contribution is 6.52. The summed E-state index contributed by atoms with van der Waals surface area (Å²) >= 11 is 0. The second kappa shape index (κ2) is 5.97. The smallest absolute Gasteiger partial charge is 0.254 e. The molecule has 7 heteroatoms. The molecule has 1 heterocycles. The molecule has 0 bridgehead atoms. The van der Waals surface area contributed by atoms with E-state index in [4.69, 9.17) is 0 Å². The van der Waals surface area contributed by atoms with Crippen molar-refractivity contribution in [3.05, 3.63) is 35.3 Å². The second-order valence-electron chi connectivity index (χ2n) is 7.37. The molecule has 0 atom stereocenters. The summed E-state index contributed by atoms with van der Waals surface area (Å²) in [4.78, 5) is 53.9. The number of imidazole rings is 1. The molecule has 1 aromatic carbocycles. The van der Waals surface area contributed by atoms with Gasteiger partial charge in [-0.3, -0.25) is 23.7 Å². The summed E-state index contributed by atoms with van der Waals surface area (Å²) in [5.74, 6) is -1.39. The van der Waals surface area contributed by atoms with Crippen molar-refractivity contribution in [1.82, 2.24) is 9.55 Å². The van der Waals surface area contributed by atoms with Gasteiger partial charge in [-0.15, -0.1) is 0 Å². The number of hydrogen-bond donors (Lipinski definition) is 1. The summed E-state index contributed by atoms with van der Waals surface area (Å²) in [6, 6.07) is 4.79. The lowest BCUT2D eigenvalue weighted by Gasteiger charge is -2.18. The van der Waals surface area contributed by atoms with Gasteiger partial charge < -0.3 is 5.32 Å². The zero-order valence-electron chi connectivity index (χ0n) is 15.3. The molecule has 0 aliphatic heterocycles. The molecule has 0 spiro atoms. The van der Waals surface area contributed by atoms with Crippen LogP contribution in [0.4, 0.5) is 5.69 Å². The molecule has 4 rings (SSSR count). The van der Waals surface area contributed by atoms with Gasteiger partial charge in [0.15, 0.2) is 0 Å². The van der Waals surface area contributed by atoms with Crippen LogP contribution in [0.15, 0.2) is 18.2 Å². The number of anilines is 1. The minimum atomic E-state index is -0.721. The molecule has 2 aliphatic rings. The van der Waals surface area contributed by atoms with Crippen molar-refractivity contribution in [2.24, 2.45) is 5.92 Å². The summed E-state index contributed by atoms with van der Waals surface area (Å²) in [5, 5.41) is 2.61. The second-order valence-corrected chi connectivity index (χ2v) is 7.37. The maximum atomic E-state index is 12.9. The van der Waals surface area contributed by atoms with E-state index < -0.39 is 11.6 Å². The minimum absolute atomic E-state index is 0.0393. The number of fused-ring (bicyclic) bond motifs is 3. The largest absolute Gasteiger partial charge is 0.326 e. The van der Waals surface area contributed by atoms with E-state index in [1.807, 2.05) is 13.8 Å². The highest BCUT2D eigenvalue weighted by atomic mass is 16.2. The van der Waals surface area contributed by atoms with E-state index in [0.29, 0.717) is 22.8 Å². The number of carbonyl (C=O) groups is 4. The maximum Gasteiger partial charge on any atom is 0.254 e. The zero-order chi connectivity index (χ0) is 19.5. The summed E-state index contributed by atoms with van der Waals surface area (Å²) in [6.07, 6.45) is 1.65. The number of benzene rings is 1. The quantitative estimate of drug-likeness (QED) is 0.843. The fraction of sp³-hybridized carbons (Fsp3) is 0.350. The van der Waals surface area contributed by atoms with Crippen LogP contribution in [0.3, 0.4) is 0 Å². The van der Waals surface area contributed by atoms with Gasteiger partial charge in [0.05, 0.1) is 5.69 Å². The van der Waals surface area contributed by atoms with Gasteiger partial charge in [0.2, 0.25) is 17.6 Å². The summed E-state index contributed by atoms with van der Waals surface area (Å²) < 4.78 is 1.53. The lowest BCUT2D eigenvalue weighted by Crippen LogP contribution is -2.24. The van der Waals surface area contributed by atoms with E-state index in [9.17, 15) is 19.2 Å². The summed E-state index contributed by atoms with van der Waals surface area (Å²) in [6.45, 7) is 5.16. The Morgan fingerprint density at radius 1 is 1.15 bits per heavy atom. The molecule has 0 unspecified atom stereocenters. The number of nitrogens with zero attached hydrogens (tertiary/aromatic N) is 2. The molecule has 0 saturated heterocycles. The van der Waals surface area contributed by atoms with Gasteiger partial charge in [0, 0.05) is 35.6 Å². The van der Waals surface area contributed by atoms with Crippen LogP contribution in [0.5, 0.6) is 0 Å². The first-order chi connectivity index (χ1) is 12.8. The fourth-order valence-corrected chi connectivity index (χ4v) is 3.42. The lowest BCUT2D eigenvalue weighted by atomic mass is 9.89. The fourth-order valence-electron chi connectivity index (χ4n) is 3.42. The van der Waals surface area contributed by atoms with Crippen LogP contribution in [0.1, 0.15) is 71.0 Å². The first-order valence-corrected chi connectivity index (χ1v) is 8.97. The molecular formula is C20H19N3O4. The van der Waals surface area contributed by atoms with Crippen LogP contribution < -0.4 is 5.32 Å². The van der Waals surface area contributed by atoms with Gasteiger partial charge in [-0.05, 0) is 31.0 Å². The van der Waals surface area contributed by atoms with E-state index in [1.54, 1.807) is 12.1 Å². The Balaban J connectivity index is 1.97. The van der Waals surface area contributed by atoms with Crippen molar-refractivity contribution in [3.8, 4) is 11.3 Å². The Labute approximate surface area is 155 Å². The molecule has 1 amide bonds. The highest BCUT2D eigenvalue weighted by Crippen LogP contribution is 2.40. The van der Waals surface area contributed by atoms with Gasteiger partial charge >= 0.3 is 0 Å². The van der Waals surface area contributed by atoms with Gasteiger partial charge in [-0.25, -0.2) is 4.98 Å². The summed E-state index contributed by atoms with van der Waals surface area (Å²) in [7, 11) is 0. The van der Waals surface area contributed by atoms with E-state index >= 15 is 0 Å². The topological polar surface area (TPSA) is 98.1 Å². The van der Waals surface area contributed by atoms with Crippen LogP contribution in [0.2, 0.25) is 0 Å². The number of hydrogen-bond acceptors (Lipinski definition) is 5. The first-order valence-electron chi connectivity index (χ1n) is 8.97. The number of rotatable bonds is 3. The van der Waals surface area contributed by atoms with Gasteiger partial charge in [0.25, 0.3) is 5.78 Å². The molecule has 138 valence electrons. The van der Waals surface area contributed by atoms with Crippen molar-refractivity contribution >= 4 is 29.1 Å². The predicted octanol–water partition coefficient (Wildman–Crippen LogP) is 3.06. The SMILES string of the molecule is CC(=O)Nc1ccc2c(c1)C(=O)C(=O)c1nc(C(C)C)n(C(=O)C3CC3)c1-2. The number of nitrogens with one attached hydrogen (secondary N) is 1. The predicted molar refractivity (Wildman–Crippen MR) is 98.1 cm³/mol. The van der Waals surface area contributed by atoms with E-state index in [-0.39, 0.29) is 34.9 Å². The Bertz CT molecular complexity index is 1030. The average Bonchev–Trinajstić information content (AvgIpc) is 3.37. The molecule has 2 aliphatic carbocycles. The lowest BCUT2D eigenvalue weighted by molar-refractivity contribution is -0.114. The highest BCUT2D eigenvalue weighted by Gasteiger charge is 2.41. The van der Waals surface area contributed by atoms with Crippen molar-refractivity contribution in [2.45, 2.75) is 39.5 Å². The molecule has 1 saturated carbocycles. The monoisotopic (exact) mass is 365 g/mol. The Hall–Kier alpha value is -3.09. The summed E-state index contributed by atoms with van der Waals surface area (Å²) in [5.41, 5.74) is 1.53. The molecule has 1 aromatic heterocycles. The van der Waals surface area contributed by atoms with Crippen molar-refractivity contribution < 1.29 is 19.2 Å². The zero-order valence-corrected chi connectivity index (χ0v) is 15.3. The van der Waals surface area contributed by atoms with Crippen LogP contribution >= 0.6 is 0 Å². The van der Waals surface area contributed by atoms with Gasteiger partial charge in [-0.1, -0.05) is 13.8 Å². The van der Waals surface area contributed by atoms with Crippen molar-refractivity contribution in [2.75, 3.05) is 5.32 Å². The minimum Gasteiger partial charge on any atom is -0.326 e. The Morgan fingerprint density at radius 3 is 2.44 bits per heavy atom. The standard InChI is InChI=1S/C20H19N3O4/c1-9(2)19-22-15-16(23(19)20(27)11-4-5-11)13-7-6-12(21-10(3)24)8-14(13)17(25)18(15)26/h6-9,11H,4-5H2,1-3H3,(H,21,24). The molecule has 1 fully saturated rings. The Morgan fingerprint density at radius 2 is 1.85 bits per heavy atom. The number of Topliss-reactive ketones (excluding diaryl/α,β-unsaturated/α-hetero) is 2. The normalized spacial score (nSPS) is 15.6. The molecule has 2 aromatic rings. The third-order valence-electron chi connectivity index (χ3n) is 4.83. The number of carbonyl (C=O) groups excluding carboxylic acids is 4. The van der Waals surface area contributed by atoms with E-state index in [2.05, 4.69) is 10.3 Å². The third kappa shape index (κ3) is 2.70. The van der Waals surface area contributed by atoms with Crippen LogP contribution in [0, 0.1) is 5.92 Å². The molecule has 0 radical (unpaired) electrons. The molecule has 27 heavy (non-hydrogen) atoms. The average molecular weight is 365 g/mol. The number of ketones is 2. The van der Waals surface area contributed by atoms with Crippen LogP contribution in [0.25, 0.3) is 11.3 Å². The third-order valence-corrected chi connectivity index (χ3v) is 4.83. The number of aromatic nitrogens is 2. The first kappa shape index (κ1) is 17.3. The molecule has 1 N–H and O–H groups in total. The van der Waals surface area contributed by atoms with Crippen molar-refractivity contribution in [3.63, 3.8) is 0 Å². The van der Waals surface area contributed by atoms with Crippen molar-refractivity contribution in [1.29, 1.82) is 0 Å².